The molecule has 3 aromatic heterocycles. The van der Waals surface area contributed by atoms with E-state index in [4.69, 9.17) is 4.74 Å². The lowest BCUT2D eigenvalue weighted by Crippen LogP contribution is -2.54. The quantitative estimate of drug-likeness (QED) is 0.478. The van der Waals surface area contributed by atoms with Crippen LogP contribution in [0.5, 0.6) is 6.01 Å². The highest BCUT2D eigenvalue weighted by atomic mass is 32.1. The van der Waals surface area contributed by atoms with Crippen LogP contribution in [0.1, 0.15) is 31.6 Å². The summed E-state index contributed by atoms with van der Waals surface area (Å²) >= 11 is 0.579. The highest BCUT2D eigenvalue weighted by molar-refractivity contribution is 7.16. The Morgan fingerprint density at radius 2 is 1.94 bits per heavy atom. The maximum atomic E-state index is 13.5. The zero-order chi connectivity index (χ0) is 25.2. The predicted molar refractivity (Wildman–Crippen MR) is 122 cm³/mol. The number of hydrogen-bond acceptors (Lipinski definition) is 9. The molecule has 0 bridgehead atoms. The lowest BCUT2D eigenvalue weighted by atomic mass is 10.1. The second-order valence-corrected chi connectivity index (χ2v) is 8.93. The van der Waals surface area contributed by atoms with Crippen LogP contribution in [0.15, 0.2) is 18.7 Å². The predicted octanol–water partition coefficient (Wildman–Crippen LogP) is 2.91. The summed E-state index contributed by atoms with van der Waals surface area (Å²) < 4.78 is 47.3. The van der Waals surface area contributed by atoms with Crippen molar-refractivity contribution in [2.75, 3.05) is 31.1 Å². The molecule has 1 aliphatic rings. The SMILES string of the molecule is CCOc1ncc(-c2nc(C(F)(F)F)sc2N2CCN(C(=O)Cn3cnc(CC)n3)C(C)C2)cn1. The van der Waals surface area contributed by atoms with E-state index in [-0.39, 0.29) is 30.2 Å². The Morgan fingerprint density at radius 3 is 2.54 bits per heavy atom. The maximum Gasteiger partial charge on any atom is 0.443 e. The number of halogens is 3. The third-order valence-corrected chi connectivity index (χ3v) is 6.62. The number of hydrogen-bond donors (Lipinski definition) is 0. The molecule has 4 heterocycles. The van der Waals surface area contributed by atoms with Crippen molar-refractivity contribution in [2.45, 2.75) is 46.0 Å². The van der Waals surface area contributed by atoms with Gasteiger partial charge in [0.05, 0.1) is 6.61 Å². The van der Waals surface area contributed by atoms with E-state index in [1.54, 1.807) is 11.8 Å². The van der Waals surface area contributed by atoms with E-state index in [0.717, 1.165) is 0 Å². The molecule has 0 radical (unpaired) electrons. The first-order valence-electron chi connectivity index (χ1n) is 11.2. The first kappa shape index (κ1) is 24.8. The Balaban J connectivity index is 1.53. The average Bonchev–Trinajstić information content (AvgIpc) is 3.47. The van der Waals surface area contributed by atoms with Gasteiger partial charge < -0.3 is 14.5 Å². The lowest BCUT2D eigenvalue weighted by molar-refractivity contribution is -0.137. The standard InChI is InChI=1S/C21H25F3N8O2S/c1-4-15-27-12-31(29-15)11-16(33)32-7-6-30(10-13(32)3)18-17(28-19(35-18)21(22,23)24)14-8-25-20(26-9-14)34-5-2/h8-9,12-13H,4-7,10-11H2,1-3H3. The highest BCUT2D eigenvalue weighted by Gasteiger charge is 2.38. The summed E-state index contributed by atoms with van der Waals surface area (Å²) in [7, 11) is 0. The molecule has 1 atom stereocenters. The van der Waals surface area contributed by atoms with Crippen LogP contribution in [0.3, 0.4) is 0 Å². The summed E-state index contributed by atoms with van der Waals surface area (Å²) in [6, 6.07) is -0.0884. The van der Waals surface area contributed by atoms with Crippen molar-refractivity contribution >= 4 is 22.2 Å². The van der Waals surface area contributed by atoms with Gasteiger partial charge in [0.25, 0.3) is 0 Å². The fraction of sp³-hybridized carbons (Fsp3) is 0.524. The minimum absolute atomic E-state index is 0.0604. The van der Waals surface area contributed by atoms with Gasteiger partial charge in [-0.05, 0) is 13.8 Å². The number of carbonyl (C=O) groups is 1. The zero-order valence-electron chi connectivity index (χ0n) is 19.5. The molecule has 3 aromatic rings. The van der Waals surface area contributed by atoms with Crippen LogP contribution >= 0.6 is 11.3 Å². The van der Waals surface area contributed by atoms with Gasteiger partial charge in [0.15, 0.2) is 0 Å². The molecule has 1 amide bonds. The smallest absolute Gasteiger partial charge is 0.443 e. The first-order chi connectivity index (χ1) is 16.7. The molecule has 1 unspecified atom stereocenters. The maximum absolute atomic E-state index is 13.5. The molecule has 0 saturated carbocycles. The topological polar surface area (TPSA) is 102 Å². The molecule has 0 aromatic carbocycles. The molecule has 188 valence electrons. The van der Waals surface area contributed by atoms with Crippen LogP contribution in [-0.4, -0.2) is 72.8 Å². The van der Waals surface area contributed by atoms with Crippen LogP contribution in [0.25, 0.3) is 11.3 Å². The minimum Gasteiger partial charge on any atom is -0.464 e. The molecule has 0 N–H and O–H groups in total. The Labute approximate surface area is 203 Å². The number of aryl methyl sites for hydroxylation is 1. The van der Waals surface area contributed by atoms with Gasteiger partial charge in [0.2, 0.25) is 10.9 Å². The van der Waals surface area contributed by atoms with E-state index in [1.807, 2.05) is 18.7 Å². The number of nitrogens with zero attached hydrogens (tertiary/aromatic N) is 8. The van der Waals surface area contributed by atoms with Crippen molar-refractivity contribution in [3.05, 3.63) is 29.6 Å². The third kappa shape index (κ3) is 5.52. The van der Waals surface area contributed by atoms with Gasteiger partial charge >= 0.3 is 12.2 Å². The fourth-order valence-electron chi connectivity index (χ4n) is 3.79. The van der Waals surface area contributed by atoms with E-state index in [1.165, 1.54) is 23.4 Å². The molecule has 35 heavy (non-hydrogen) atoms. The summed E-state index contributed by atoms with van der Waals surface area (Å²) in [6.45, 7) is 7.08. The zero-order valence-corrected chi connectivity index (χ0v) is 20.3. The van der Waals surface area contributed by atoms with E-state index in [9.17, 15) is 18.0 Å². The molecule has 0 aliphatic carbocycles. The number of ether oxygens (including phenoxy) is 1. The van der Waals surface area contributed by atoms with Gasteiger partial charge in [-0.2, -0.15) is 18.3 Å². The summed E-state index contributed by atoms with van der Waals surface area (Å²) in [5, 5.41) is 3.68. The van der Waals surface area contributed by atoms with Crippen molar-refractivity contribution in [3.63, 3.8) is 0 Å². The number of carbonyl (C=O) groups excluding carboxylic acids is 1. The van der Waals surface area contributed by atoms with Gasteiger partial charge in [-0.15, -0.1) is 0 Å². The fourth-order valence-corrected chi connectivity index (χ4v) is 4.78. The van der Waals surface area contributed by atoms with Crippen molar-refractivity contribution in [2.24, 2.45) is 0 Å². The summed E-state index contributed by atoms with van der Waals surface area (Å²) in [4.78, 5) is 32.6. The van der Waals surface area contributed by atoms with Gasteiger partial charge in [-0.25, -0.2) is 24.6 Å². The van der Waals surface area contributed by atoms with Crippen LogP contribution in [0, 0.1) is 0 Å². The second-order valence-electron chi connectivity index (χ2n) is 7.95. The van der Waals surface area contributed by atoms with Crippen LogP contribution in [0.2, 0.25) is 0 Å². The Hall–Kier alpha value is -3.29. The van der Waals surface area contributed by atoms with Crippen molar-refractivity contribution in [1.82, 2.24) is 34.6 Å². The molecule has 10 nitrogen and oxygen atoms in total. The minimum atomic E-state index is -4.58. The number of piperazine rings is 1. The number of alkyl halides is 3. The van der Waals surface area contributed by atoms with Crippen LogP contribution in [0.4, 0.5) is 18.2 Å². The lowest BCUT2D eigenvalue weighted by Gasteiger charge is -2.40. The first-order valence-corrected chi connectivity index (χ1v) is 12.0. The van der Waals surface area contributed by atoms with E-state index in [0.29, 0.717) is 60.4 Å². The van der Waals surface area contributed by atoms with Crippen molar-refractivity contribution < 1.29 is 22.7 Å². The van der Waals surface area contributed by atoms with Gasteiger partial charge in [-0.1, -0.05) is 18.3 Å². The van der Waals surface area contributed by atoms with E-state index < -0.39 is 11.2 Å². The second kappa shape index (κ2) is 10.1. The molecular weight excluding hydrogens is 485 g/mol. The van der Waals surface area contributed by atoms with Gasteiger partial charge in [0, 0.05) is 50.1 Å². The largest absolute Gasteiger partial charge is 0.464 e. The molecule has 14 heteroatoms. The Morgan fingerprint density at radius 1 is 1.20 bits per heavy atom. The molecule has 1 aliphatic heterocycles. The van der Waals surface area contributed by atoms with Gasteiger partial charge in [0.1, 0.15) is 29.4 Å². The van der Waals surface area contributed by atoms with E-state index >= 15 is 0 Å². The van der Waals surface area contributed by atoms with Crippen molar-refractivity contribution in [3.8, 4) is 17.3 Å². The summed E-state index contributed by atoms with van der Waals surface area (Å²) in [6.07, 6.45) is 0.430. The number of amides is 1. The van der Waals surface area contributed by atoms with Crippen molar-refractivity contribution in [1.29, 1.82) is 0 Å². The third-order valence-electron chi connectivity index (χ3n) is 5.46. The van der Waals surface area contributed by atoms with Crippen LogP contribution < -0.4 is 9.64 Å². The Kier molecular flexibility index (Phi) is 7.19. The summed E-state index contributed by atoms with van der Waals surface area (Å²) in [5.74, 6) is 0.539. The number of rotatable bonds is 7. The summed E-state index contributed by atoms with van der Waals surface area (Å²) in [5.41, 5.74) is 0.520. The monoisotopic (exact) mass is 510 g/mol. The Bertz CT molecular complexity index is 1160. The normalized spacial score (nSPS) is 16.6. The average molecular weight is 511 g/mol. The number of anilines is 1. The molecule has 4 rings (SSSR count). The van der Waals surface area contributed by atoms with Gasteiger partial charge in [-0.3, -0.25) is 4.79 Å². The molecule has 0 spiro atoms. The number of aromatic nitrogens is 6. The molecular formula is C21H25F3N8O2S. The van der Waals surface area contributed by atoms with Crippen LogP contribution in [-0.2, 0) is 23.9 Å². The highest BCUT2D eigenvalue weighted by Crippen LogP contribution is 2.43. The number of thiazole rings is 1. The molecule has 1 saturated heterocycles. The van der Waals surface area contributed by atoms with E-state index in [2.05, 4.69) is 25.0 Å². The molecule has 1 fully saturated rings.